The van der Waals surface area contributed by atoms with Crippen LogP contribution in [-0.2, 0) is 14.5 Å². The number of hydrogen-bond acceptors (Lipinski definition) is 3. The van der Waals surface area contributed by atoms with E-state index in [-0.39, 0.29) is 0 Å². The Kier molecular flexibility index (Phi) is 6.15. The summed E-state index contributed by atoms with van der Waals surface area (Å²) < 4.78 is 4.97. The molecule has 0 amide bonds. The van der Waals surface area contributed by atoms with Crippen molar-refractivity contribution in [2.75, 3.05) is 19.8 Å². The third-order valence-electron chi connectivity index (χ3n) is 2.25. The standard InChI is InChI=1S/C11H22O3/c1-10(2)6-4-3-5-7-13-14-9-11-8-12-11/h10-11H,3-9H2,1-2H3. The van der Waals surface area contributed by atoms with Crippen LogP contribution in [0.3, 0.4) is 0 Å². The number of ether oxygens (including phenoxy) is 1. The minimum atomic E-state index is 0.302. The van der Waals surface area contributed by atoms with Gasteiger partial charge < -0.3 is 4.74 Å². The van der Waals surface area contributed by atoms with Gasteiger partial charge in [-0.25, -0.2) is 9.78 Å². The molecule has 0 saturated carbocycles. The van der Waals surface area contributed by atoms with E-state index in [9.17, 15) is 0 Å². The Bertz CT molecular complexity index is 124. The summed E-state index contributed by atoms with van der Waals surface area (Å²) in [5, 5.41) is 0. The minimum Gasteiger partial charge on any atom is -0.370 e. The van der Waals surface area contributed by atoms with Crippen LogP contribution in [0.15, 0.2) is 0 Å². The van der Waals surface area contributed by atoms with E-state index in [1.54, 1.807) is 0 Å². The first kappa shape index (κ1) is 12.0. The maximum Gasteiger partial charge on any atom is 0.111 e. The molecule has 0 aromatic carbocycles. The molecule has 0 aromatic heterocycles. The van der Waals surface area contributed by atoms with Crippen LogP contribution in [0.4, 0.5) is 0 Å². The summed E-state index contributed by atoms with van der Waals surface area (Å²) in [6.07, 6.45) is 5.25. The van der Waals surface area contributed by atoms with Gasteiger partial charge in [0.05, 0.1) is 13.2 Å². The lowest BCUT2D eigenvalue weighted by atomic mass is 10.1. The Labute approximate surface area is 86.7 Å². The second-order valence-electron chi connectivity index (χ2n) is 4.31. The van der Waals surface area contributed by atoms with Gasteiger partial charge in [0.15, 0.2) is 0 Å². The molecule has 1 atom stereocenters. The Balaban J connectivity index is 1.66. The summed E-state index contributed by atoms with van der Waals surface area (Å²) in [6, 6.07) is 0. The SMILES string of the molecule is CC(C)CCCCCOOCC1CO1. The van der Waals surface area contributed by atoms with Gasteiger partial charge in [0.2, 0.25) is 0 Å². The van der Waals surface area contributed by atoms with Crippen LogP contribution in [-0.4, -0.2) is 25.9 Å². The zero-order chi connectivity index (χ0) is 10.2. The molecular weight excluding hydrogens is 180 g/mol. The maximum absolute atomic E-state index is 5.01. The number of rotatable bonds is 9. The average molecular weight is 202 g/mol. The van der Waals surface area contributed by atoms with Crippen LogP contribution >= 0.6 is 0 Å². The molecule has 0 bridgehead atoms. The van der Waals surface area contributed by atoms with E-state index in [4.69, 9.17) is 14.5 Å². The van der Waals surface area contributed by atoms with Crippen molar-refractivity contribution < 1.29 is 14.5 Å². The van der Waals surface area contributed by atoms with Crippen molar-refractivity contribution in [1.29, 1.82) is 0 Å². The number of epoxide rings is 1. The van der Waals surface area contributed by atoms with Gasteiger partial charge in [0, 0.05) is 0 Å². The summed E-state index contributed by atoms with van der Waals surface area (Å²) in [5.41, 5.74) is 0. The zero-order valence-electron chi connectivity index (χ0n) is 9.33. The highest BCUT2D eigenvalue weighted by atomic mass is 17.2. The lowest BCUT2D eigenvalue weighted by molar-refractivity contribution is -0.296. The normalized spacial score (nSPS) is 20.4. The zero-order valence-corrected chi connectivity index (χ0v) is 9.33. The van der Waals surface area contributed by atoms with Crippen LogP contribution in [0.25, 0.3) is 0 Å². The summed E-state index contributed by atoms with van der Waals surface area (Å²) in [4.78, 5) is 9.97. The molecule has 1 rings (SSSR count). The molecule has 14 heavy (non-hydrogen) atoms. The lowest BCUT2D eigenvalue weighted by Gasteiger charge is -2.04. The van der Waals surface area contributed by atoms with E-state index in [0.29, 0.717) is 19.3 Å². The molecule has 1 aliphatic heterocycles. The maximum atomic E-state index is 5.01. The highest BCUT2D eigenvalue weighted by Crippen LogP contribution is 2.10. The summed E-state index contributed by atoms with van der Waals surface area (Å²) in [7, 11) is 0. The molecular formula is C11H22O3. The fraction of sp³-hybridized carbons (Fsp3) is 1.00. The molecule has 0 spiro atoms. The van der Waals surface area contributed by atoms with E-state index < -0.39 is 0 Å². The summed E-state index contributed by atoms with van der Waals surface area (Å²) in [6.45, 7) is 6.65. The van der Waals surface area contributed by atoms with Crippen LogP contribution in [0, 0.1) is 5.92 Å². The van der Waals surface area contributed by atoms with Crippen molar-refractivity contribution in [1.82, 2.24) is 0 Å². The highest BCUT2D eigenvalue weighted by Gasteiger charge is 2.22. The van der Waals surface area contributed by atoms with Crippen LogP contribution in [0.2, 0.25) is 0 Å². The predicted octanol–water partition coefficient (Wildman–Crippen LogP) is 2.55. The minimum absolute atomic E-state index is 0.302. The molecule has 84 valence electrons. The van der Waals surface area contributed by atoms with Crippen molar-refractivity contribution in [3.05, 3.63) is 0 Å². The van der Waals surface area contributed by atoms with E-state index in [2.05, 4.69) is 13.8 Å². The molecule has 0 aliphatic carbocycles. The lowest BCUT2D eigenvalue weighted by Crippen LogP contribution is -2.03. The smallest absolute Gasteiger partial charge is 0.111 e. The second-order valence-corrected chi connectivity index (χ2v) is 4.31. The molecule has 0 N–H and O–H groups in total. The first-order valence-corrected chi connectivity index (χ1v) is 5.65. The fourth-order valence-corrected chi connectivity index (χ4v) is 1.24. The second kappa shape index (κ2) is 7.21. The van der Waals surface area contributed by atoms with Crippen LogP contribution in [0.1, 0.15) is 39.5 Å². The molecule has 1 saturated heterocycles. The van der Waals surface area contributed by atoms with Crippen molar-refractivity contribution in [2.45, 2.75) is 45.6 Å². The molecule has 3 heteroatoms. The Morgan fingerprint density at radius 3 is 2.64 bits per heavy atom. The third-order valence-corrected chi connectivity index (χ3v) is 2.25. The predicted molar refractivity (Wildman–Crippen MR) is 55.0 cm³/mol. The fourth-order valence-electron chi connectivity index (χ4n) is 1.24. The number of hydrogen-bond donors (Lipinski definition) is 0. The van der Waals surface area contributed by atoms with Crippen LogP contribution in [0.5, 0.6) is 0 Å². The van der Waals surface area contributed by atoms with E-state index in [0.717, 1.165) is 18.9 Å². The quantitative estimate of drug-likeness (QED) is 0.249. The van der Waals surface area contributed by atoms with Crippen molar-refractivity contribution in [3.63, 3.8) is 0 Å². The van der Waals surface area contributed by atoms with Crippen molar-refractivity contribution in [2.24, 2.45) is 5.92 Å². The van der Waals surface area contributed by atoms with Gasteiger partial charge in [-0.2, -0.15) is 0 Å². The largest absolute Gasteiger partial charge is 0.370 e. The molecule has 1 unspecified atom stereocenters. The Morgan fingerprint density at radius 1 is 1.21 bits per heavy atom. The van der Waals surface area contributed by atoms with Gasteiger partial charge >= 0.3 is 0 Å². The van der Waals surface area contributed by atoms with Gasteiger partial charge in [-0.3, -0.25) is 0 Å². The van der Waals surface area contributed by atoms with Gasteiger partial charge in [0.25, 0.3) is 0 Å². The summed E-state index contributed by atoms with van der Waals surface area (Å²) in [5.74, 6) is 0.819. The molecule has 1 aliphatic rings. The topological polar surface area (TPSA) is 31.0 Å². The molecule has 0 aromatic rings. The Morgan fingerprint density at radius 2 is 2.00 bits per heavy atom. The van der Waals surface area contributed by atoms with Crippen molar-refractivity contribution >= 4 is 0 Å². The summed E-state index contributed by atoms with van der Waals surface area (Å²) >= 11 is 0. The monoisotopic (exact) mass is 202 g/mol. The van der Waals surface area contributed by atoms with Gasteiger partial charge in [0.1, 0.15) is 12.7 Å². The Hall–Kier alpha value is -0.120. The third kappa shape index (κ3) is 7.30. The van der Waals surface area contributed by atoms with E-state index >= 15 is 0 Å². The molecule has 1 heterocycles. The highest BCUT2D eigenvalue weighted by molar-refractivity contribution is 4.65. The molecule has 1 fully saturated rings. The van der Waals surface area contributed by atoms with Gasteiger partial charge in [-0.05, 0) is 12.3 Å². The molecule has 3 nitrogen and oxygen atoms in total. The van der Waals surface area contributed by atoms with Crippen LogP contribution < -0.4 is 0 Å². The van der Waals surface area contributed by atoms with E-state index in [1.165, 1.54) is 19.3 Å². The first-order valence-electron chi connectivity index (χ1n) is 5.65. The van der Waals surface area contributed by atoms with E-state index in [1.807, 2.05) is 0 Å². The molecule has 0 radical (unpaired) electrons. The first-order chi connectivity index (χ1) is 6.79. The average Bonchev–Trinajstić information content (AvgIpc) is 2.92. The van der Waals surface area contributed by atoms with Gasteiger partial charge in [-0.1, -0.05) is 33.1 Å². The van der Waals surface area contributed by atoms with Crippen molar-refractivity contribution in [3.8, 4) is 0 Å². The number of unbranched alkanes of at least 4 members (excludes halogenated alkanes) is 2. The van der Waals surface area contributed by atoms with Gasteiger partial charge in [-0.15, -0.1) is 0 Å².